The fourth-order valence-corrected chi connectivity index (χ4v) is 4.88. The second kappa shape index (κ2) is 5.47. The van der Waals surface area contributed by atoms with E-state index in [2.05, 4.69) is 20.7 Å². The minimum absolute atomic E-state index is 0.0198. The summed E-state index contributed by atoms with van der Waals surface area (Å²) in [6.45, 7) is -0.231. The predicted molar refractivity (Wildman–Crippen MR) is 72.7 cm³/mol. The third kappa shape index (κ3) is 3.16. The molecule has 0 aromatic heterocycles. The summed E-state index contributed by atoms with van der Waals surface area (Å²) in [6.07, 6.45) is 2.99. The maximum atomic E-state index is 13.0. The van der Waals surface area contributed by atoms with Crippen molar-refractivity contribution in [3.8, 4) is 0 Å². The lowest BCUT2D eigenvalue weighted by molar-refractivity contribution is 0.185. The van der Waals surface area contributed by atoms with Crippen LogP contribution in [-0.4, -0.2) is 25.7 Å². The first-order chi connectivity index (χ1) is 8.88. The second-order valence-electron chi connectivity index (χ2n) is 4.83. The van der Waals surface area contributed by atoms with E-state index in [9.17, 15) is 17.9 Å². The average Bonchev–Trinajstić information content (AvgIpc) is 2.77. The predicted octanol–water partition coefficient (Wildman–Crippen LogP) is 2.17. The molecule has 0 saturated heterocycles. The van der Waals surface area contributed by atoms with Gasteiger partial charge in [-0.3, -0.25) is 0 Å². The zero-order chi connectivity index (χ0) is 14.1. The third-order valence-corrected chi connectivity index (χ3v) is 5.95. The number of aliphatic hydroxyl groups is 1. The number of hydrogen-bond donors (Lipinski definition) is 2. The maximum Gasteiger partial charge on any atom is 0.242 e. The summed E-state index contributed by atoms with van der Waals surface area (Å²) in [6, 6.07) is 3.41. The molecule has 2 rings (SSSR count). The lowest BCUT2D eigenvalue weighted by atomic mass is 10.0. The number of benzene rings is 1. The Hall–Kier alpha value is -0.500. The summed E-state index contributed by atoms with van der Waals surface area (Å²) in [4.78, 5) is -0.0198. The molecule has 0 atom stereocenters. The Morgan fingerprint density at radius 3 is 2.53 bits per heavy atom. The molecule has 0 heterocycles. The average molecular weight is 352 g/mol. The van der Waals surface area contributed by atoms with E-state index in [1.54, 1.807) is 0 Å². The number of rotatable bonds is 4. The SMILES string of the molecule is O=S(=O)(NC1(CO)CCCC1)c1ccc(F)cc1Br. The number of aliphatic hydroxyl groups excluding tert-OH is 1. The minimum atomic E-state index is -3.79. The van der Waals surface area contributed by atoms with Gasteiger partial charge in [0, 0.05) is 4.47 Å². The van der Waals surface area contributed by atoms with Gasteiger partial charge in [-0.2, -0.15) is 0 Å². The van der Waals surface area contributed by atoms with Gasteiger partial charge in [0.25, 0.3) is 0 Å². The van der Waals surface area contributed by atoms with Crippen molar-refractivity contribution in [2.24, 2.45) is 0 Å². The largest absolute Gasteiger partial charge is 0.394 e. The molecule has 1 aliphatic carbocycles. The quantitative estimate of drug-likeness (QED) is 0.873. The molecule has 19 heavy (non-hydrogen) atoms. The molecule has 1 aromatic carbocycles. The van der Waals surface area contributed by atoms with E-state index in [4.69, 9.17) is 0 Å². The van der Waals surface area contributed by atoms with Gasteiger partial charge in [0.2, 0.25) is 10.0 Å². The minimum Gasteiger partial charge on any atom is -0.394 e. The molecule has 7 heteroatoms. The zero-order valence-corrected chi connectivity index (χ0v) is 12.6. The monoisotopic (exact) mass is 351 g/mol. The van der Waals surface area contributed by atoms with Gasteiger partial charge in [-0.1, -0.05) is 12.8 Å². The van der Waals surface area contributed by atoms with Gasteiger partial charge >= 0.3 is 0 Å². The molecule has 1 saturated carbocycles. The van der Waals surface area contributed by atoms with E-state index < -0.39 is 21.4 Å². The first-order valence-electron chi connectivity index (χ1n) is 5.98. The molecule has 0 bridgehead atoms. The molecule has 0 amide bonds. The number of halogens is 2. The molecule has 1 aromatic rings. The highest BCUT2D eigenvalue weighted by atomic mass is 79.9. The lowest BCUT2D eigenvalue weighted by Crippen LogP contribution is -2.49. The summed E-state index contributed by atoms with van der Waals surface area (Å²) >= 11 is 3.05. The van der Waals surface area contributed by atoms with Crippen LogP contribution in [0.15, 0.2) is 27.6 Å². The van der Waals surface area contributed by atoms with Gasteiger partial charge < -0.3 is 5.11 Å². The Morgan fingerprint density at radius 1 is 1.37 bits per heavy atom. The Morgan fingerprint density at radius 2 is 2.00 bits per heavy atom. The summed E-state index contributed by atoms with van der Waals surface area (Å²) in [5.41, 5.74) is -0.785. The maximum absolute atomic E-state index is 13.0. The standard InChI is InChI=1S/C12H15BrFNO3S/c13-10-7-9(14)3-4-11(10)19(17,18)15-12(8-16)5-1-2-6-12/h3-4,7,15-16H,1-2,5-6,8H2. The molecule has 0 aliphatic heterocycles. The number of hydrogen-bond acceptors (Lipinski definition) is 3. The van der Waals surface area contributed by atoms with Gasteiger partial charge in [0.1, 0.15) is 5.82 Å². The first-order valence-corrected chi connectivity index (χ1v) is 8.26. The van der Waals surface area contributed by atoms with Crippen molar-refractivity contribution in [2.75, 3.05) is 6.61 Å². The van der Waals surface area contributed by atoms with Crippen molar-refractivity contribution in [1.82, 2.24) is 4.72 Å². The van der Waals surface area contributed by atoms with Crippen LogP contribution < -0.4 is 4.72 Å². The fourth-order valence-electron chi connectivity index (χ4n) is 2.38. The molecule has 1 aliphatic rings. The number of sulfonamides is 1. The smallest absolute Gasteiger partial charge is 0.242 e. The van der Waals surface area contributed by atoms with Crippen LogP contribution in [-0.2, 0) is 10.0 Å². The van der Waals surface area contributed by atoms with Crippen LogP contribution in [0.2, 0.25) is 0 Å². The summed E-state index contributed by atoms with van der Waals surface area (Å²) in [7, 11) is -3.79. The van der Waals surface area contributed by atoms with Crippen molar-refractivity contribution in [3.05, 3.63) is 28.5 Å². The van der Waals surface area contributed by atoms with Crippen LogP contribution in [0, 0.1) is 5.82 Å². The summed E-state index contributed by atoms with van der Waals surface area (Å²) in [5.74, 6) is -0.511. The summed E-state index contributed by atoms with van der Waals surface area (Å²) in [5, 5.41) is 9.44. The van der Waals surface area contributed by atoms with Crippen molar-refractivity contribution in [3.63, 3.8) is 0 Å². The van der Waals surface area contributed by atoms with Crippen molar-refractivity contribution >= 4 is 26.0 Å². The van der Waals surface area contributed by atoms with Gasteiger partial charge in [-0.15, -0.1) is 0 Å². The molecule has 4 nitrogen and oxygen atoms in total. The van der Waals surface area contributed by atoms with Crippen LogP contribution in [0.25, 0.3) is 0 Å². The van der Waals surface area contributed by atoms with Crippen LogP contribution >= 0.6 is 15.9 Å². The highest BCUT2D eigenvalue weighted by Crippen LogP contribution is 2.32. The third-order valence-electron chi connectivity index (χ3n) is 3.40. The van der Waals surface area contributed by atoms with Gasteiger partial charge in [0.15, 0.2) is 0 Å². The Balaban J connectivity index is 2.32. The van der Waals surface area contributed by atoms with Crippen LogP contribution in [0.1, 0.15) is 25.7 Å². The molecule has 1 fully saturated rings. The molecule has 0 spiro atoms. The van der Waals surface area contributed by atoms with Gasteiger partial charge in [-0.25, -0.2) is 17.5 Å². The van der Waals surface area contributed by atoms with E-state index in [0.29, 0.717) is 12.8 Å². The van der Waals surface area contributed by atoms with Crippen molar-refractivity contribution in [2.45, 2.75) is 36.1 Å². The van der Waals surface area contributed by atoms with Crippen molar-refractivity contribution in [1.29, 1.82) is 0 Å². The summed E-state index contributed by atoms with van der Waals surface area (Å²) < 4.78 is 40.4. The Bertz CT molecular complexity index is 570. The molecule has 0 radical (unpaired) electrons. The molecular weight excluding hydrogens is 337 g/mol. The number of nitrogens with one attached hydrogen (secondary N) is 1. The second-order valence-corrected chi connectivity index (χ2v) is 7.33. The molecule has 106 valence electrons. The first kappa shape index (κ1) is 14.9. The highest BCUT2D eigenvalue weighted by Gasteiger charge is 2.37. The van der Waals surface area contributed by atoms with E-state index in [1.165, 1.54) is 6.07 Å². The Labute approximate surface area is 120 Å². The van der Waals surface area contributed by atoms with Crippen molar-refractivity contribution < 1.29 is 17.9 Å². The fraction of sp³-hybridized carbons (Fsp3) is 0.500. The molecule has 0 unspecified atom stereocenters. The van der Waals surface area contributed by atoms with Gasteiger partial charge in [0.05, 0.1) is 17.0 Å². The van der Waals surface area contributed by atoms with E-state index >= 15 is 0 Å². The highest BCUT2D eigenvalue weighted by molar-refractivity contribution is 9.10. The zero-order valence-electron chi connectivity index (χ0n) is 10.2. The Kier molecular flexibility index (Phi) is 4.29. The lowest BCUT2D eigenvalue weighted by Gasteiger charge is -2.27. The van der Waals surface area contributed by atoms with E-state index in [-0.39, 0.29) is 16.0 Å². The van der Waals surface area contributed by atoms with Crippen LogP contribution in [0.5, 0.6) is 0 Å². The van der Waals surface area contributed by atoms with Crippen LogP contribution in [0.3, 0.4) is 0 Å². The topological polar surface area (TPSA) is 66.4 Å². The normalized spacial score (nSPS) is 18.7. The van der Waals surface area contributed by atoms with E-state index in [0.717, 1.165) is 25.0 Å². The molecule has 2 N–H and O–H groups in total. The van der Waals surface area contributed by atoms with Gasteiger partial charge in [-0.05, 0) is 47.0 Å². The van der Waals surface area contributed by atoms with E-state index in [1.807, 2.05) is 0 Å². The molecular formula is C12H15BrFNO3S. The van der Waals surface area contributed by atoms with Crippen LogP contribution in [0.4, 0.5) is 4.39 Å².